The number of aromatic nitrogens is 1. The molecule has 4 aromatic rings. The quantitative estimate of drug-likeness (QED) is 0.286. The lowest BCUT2D eigenvalue weighted by atomic mass is 10.2. The van der Waals surface area contributed by atoms with Gasteiger partial charge in [-0.25, -0.2) is 0 Å². The lowest BCUT2D eigenvalue weighted by molar-refractivity contribution is 0.301. The molecule has 0 bridgehead atoms. The molecule has 0 radical (unpaired) electrons. The predicted octanol–water partition coefficient (Wildman–Crippen LogP) is 4.55. The summed E-state index contributed by atoms with van der Waals surface area (Å²) in [6, 6.07) is 30.1. The molecule has 186 valence electrons. The molecule has 4 rings (SSSR count). The smallest absolute Gasteiger partial charge is 0.261 e. The number of pyridine rings is 1. The molecule has 3 aromatic carbocycles. The molecule has 0 amide bonds. The molecule has 6 heteroatoms. The first kappa shape index (κ1) is 25.5. The van der Waals surface area contributed by atoms with E-state index in [1.165, 1.54) is 10.4 Å². The number of nitrogens with two attached hydrogens (primary N) is 1. The number of ether oxygens (including phenoxy) is 1. The van der Waals surface area contributed by atoms with Crippen molar-refractivity contribution in [1.29, 1.82) is 0 Å². The average Bonchev–Trinajstić information content (AvgIpc) is 2.88. The third-order valence-corrected chi connectivity index (χ3v) is 11.6. The lowest BCUT2D eigenvalue weighted by Crippen LogP contribution is -2.66. The van der Waals surface area contributed by atoms with Gasteiger partial charge in [0, 0.05) is 30.1 Å². The van der Waals surface area contributed by atoms with Gasteiger partial charge < -0.3 is 14.9 Å². The molecule has 0 saturated heterocycles. The Labute approximate surface area is 214 Å². The topological polar surface area (TPSA) is 66.5 Å². The van der Waals surface area contributed by atoms with Gasteiger partial charge in [0.25, 0.3) is 13.9 Å². The van der Waals surface area contributed by atoms with Crippen LogP contribution < -0.4 is 26.4 Å². The van der Waals surface area contributed by atoms with E-state index >= 15 is 0 Å². The van der Waals surface area contributed by atoms with Gasteiger partial charge >= 0.3 is 0 Å². The molecule has 0 aliphatic rings. The van der Waals surface area contributed by atoms with Gasteiger partial charge in [-0.3, -0.25) is 9.36 Å². The monoisotopic (exact) mass is 498 g/mol. The third-order valence-electron chi connectivity index (χ3n) is 6.60. The maximum atomic E-state index is 13.4. The van der Waals surface area contributed by atoms with Crippen LogP contribution in [0.4, 0.5) is 5.69 Å². The Kier molecular flexibility index (Phi) is 7.47. The lowest BCUT2D eigenvalue weighted by Gasteiger charge is -2.43. The summed E-state index contributed by atoms with van der Waals surface area (Å²) in [5.41, 5.74) is 7.75. The molecule has 0 atom stereocenters. The molecule has 36 heavy (non-hydrogen) atoms. The molecule has 0 unspecified atom stereocenters. The highest BCUT2D eigenvalue weighted by atomic mass is 28.4. The maximum absolute atomic E-state index is 13.4. The van der Waals surface area contributed by atoms with Crippen LogP contribution in [0.5, 0.6) is 5.75 Å². The SMILES string of the molecule is COc1cc(N)ccc1-n1cccc(CCO[Si](c2ccccc2)(c2ccccc2)C(C)(C)C)c1=O. The second kappa shape index (κ2) is 10.6. The van der Waals surface area contributed by atoms with Gasteiger partial charge in [0.05, 0.1) is 12.8 Å². The average molecular weight is 499 g/mol. The second-order valence-electron chi connectivity index (χ2n) is 9.90. The summed E-state index contributed by atoms with van der Waals surface area (Å²) < 4.78 is 14.1. The number of nitrogen functional groups attached to an aromatic ring is 1. The molecule has 1 heterocycles. The van der Waals surface area contributed by atoms with Gasteiger partial charge in [-0.15, -0.1) is 0 Å². The van der Waals surface area contributed by atoms with Crippen molar-refractivity contribution >= 4 is 24.4 Å². The van der Waals surface area contributed by atoms with Crippen molar-refractivity contribution in [2.75, 3.05) is 19.5 Å². The van der Waals surface area contributed by atoms with E-state index in [4.69, 9.17) is 14.9 Å². The summed E-state index contributed by atoms with van der Waals surface area (Å²) in [6.45, 7) is 7.19. The van der Waals surface area contributed by atoms with Crippen LogP contribution in [0.15, 0.2) is 102 Å². The first-order chi connectivity index (χ1) is 17.3. The minimum absolute atomic E-state index is 0.0911. The van der Waals surface area contributed by atoms with Crippen LogP contribution in [0.2, 0.25) is 5.04 Å². The standard InChI is InChI=1S/C30H34N2O3Si/c1-30(2,3)36(25-13-7-5-8-14-25,26-15-9-6-10-16-26)35-21-19-23-12-11-20-32(29(23)33)27-18-17-24(31)22-28(27)34-4/h5-18,20,22H,19,21,31H2,1-4H3. The molecule has 0 saturated carbocycles. The van der Waals surface area contributed by atoms with E-state index in [1.54, 1.807) is 36.1 Å². The van der Waals surface area contributed by atoms with E-state index in [2.05, 4.69) is 69.3 Å². The van der Waals surface area contributed by atoms with Gasteiger partial charge in [-0.05, 0) is 40.0 Å². The Balaban J connectivity index is 1.69. The molecule has 1 aromatic heterocycles. The van der Waals surface area contributed by atoms with E-state index in [0.717, 1.165) is 0 Å². The number of hydrogen-bond donors (Lipinski definition) is 1. The van der Waals surface area contributed by atoms with Crippen molar-refractivity contribution in [3.8, 4) is 11.4 Å². The normalized spacial score (nSPS) is 11.9. The molecule has 0 aliphatic heterocycles. The third kappa shape index (κ3) is 4.87. The van der Waals surface area contributed by atoms with Crippen LogP contribution in [-0.4, -0.2) is 26.6 Å². The maximum Gasteiger partial charge on any atom is 0.261 e. The van der Waals surface area contributed by atoms with Crippen molar-refractivity contribution in [2.45, 2.75) is 32.2 Å². The number of hydrogen-bond acceptors (Lipinski definition) is 4. The summed E-state index contributed by atoms with van der Waals surface area (Å²) in [5, 5.41) is 2.32. The van der Waals surface area contributed by atoms with Gasteiger partial charge in [-0.1, -0.05) is 87.5 Å². The van der Waals surface area contributed by atoms with Crippen molar-refractivity contribution in [2.24, 2.45) is 0 Å². The minimum Gasteiger partial charge on any atom is -0.494 e. The fourth-order valence-electron chi connectivity index (χ4n) is 4.89. The minimum atomic E-state index is -2.66. The van der Waals surface area contributed by atoms with Gasteiger partial charge in [0.2, 0.25) is 0 Å². The van der Waals surface area contributed by atoms with Gasteiger partial charge in [-0.2, -0.15) is 0 Å². The highest BCUT2D eigenvalue weighted by molar-refractivity contribution is 6.99. The highest BCUT2D eigenvalue weighted by Crippen LogP contribution is 2.36. The number of anilines is 1. The summed E-state index contributed by atoms with van der Waals surface area (Å²) in [4.78, 5) is 13.4. The van der Waals surface area contributed by atoms with E-state index in [1.807, 2.05) is 24.3 Å². The number of nitrogens with zero attached hydrogens (tertiary/aromatic N) is 1. The predicted molar refractivity (Wildman–Crippen MR) is 150 cm³/mol. The molecular weight excluding hydrogens is 464 g/mol. The van der Waals surface area contributed by atoms with Crippen LogP contribution in [0, 0.1) is 0 Å². The Bertz CT molecular complexity index is 1320. The Morgan fingerprint density at radius 3 is 2.03 bits per heavy atom. The van der Waals surface area contributed by atoms with Crippen molar-refractivity contribution in [3.05, 3.63) is 113 Å². The number of rotatable bonds is 8. The van der Waals surface area contributed by atoms with Crippen LogP contribution >= 0.6 is 0 Å². The van der Waals surface area contributed by atoms with E-state index < -0.39 is 8.32 Å². The fraction of sp³-hybridized carbons (Fsp3) is 0.233. The molecule has 0 spiro atoms. The van der Waals surface area contributed by atoms with Crippen molar-refractivity contribution < 1.29 is 9.16 Å². The Morgan fingerprint density at radius 1 is 0.861 bits per heavy atom. The molecule has 5 nitrogen and oxygen atoms in total. The van der Waals surface area contributed by atoms with Crippen LogP contribution in [0.3, 0.4) is 0 Å². The molecule has 2 N–H and O–H groups in total. The summed E-state index contributed by atoms with van der Waals surface area (Å²) >= 11 is 0. The van der Waals surface area contributed by atoms with Crippen LogP contribution in [-0.2, 0) is 10.8 Å². The molecule has 0 aliphatic carbocycles. The molecule has 0 fully saturated rings. The zero-order valence-electron chi connectivity index (χ0n) is 21.4. The summed E-state index contributed by atoms with van der Waals surface area (Å²) in [7, 11) is -1.09. The van der Waals surface area contributed by atoms with Crippen molar-refractivity contribution in [1.82, 2.24) is 4.57 Å². The number of methoxy groups -OCH3 is 1. The van der Waals surface area contributed by atoms with Crippen LogP contribution in [0.25, 0.3) is 5.69 Å². The highest BCUT2D eigenvalue weighted by Gasteiger charge is 2.50. The first-order valence-electron chi connectivity index (χ1n) is 12.2. The number of benzene rings is 3. The summed E-state index contributed by atoms with van der Waals surface area (Å²) in [6.07, 6.45) is 2.25. The van der Waals surface area contributed by atoms with E-state index in [0.29, 0.717) is 35.7 Å². The molecular formula is C30H34N2O3Si. The largest absolute Gasteiger partial charge is 0.494 e. The van der Waals surface area contributed by atoms with E-state index in [9.17, 15) is 4.79 Å². The first-order valence-corrected chi connectivity index (χ1v) is 14.1. The Morgan fingerprint density at radius 2 is 1.47 bits per heavy atom. The zero-order chi connectivity index (χ0) is 25.8. The Hall–Kier alpha value is -3.61. The van der Waals surface area contributed by atoms with Gasteiger partial charge in [0.1, 0.15) is 5.75 Å². The summed E-state index contributed by atoms with van der Waals surface area (Å²) in [5.74, 6) is 0.554. The van der Waals surface area contributed by atoms with Gasteiger partial charge in [0.15, 0.2) is 0 Å². The van der Waals surface area contributed by atoms with Crippen molar-refractivity contribution in [3.63, 3.8) is 0 Å². The van der Waals surface area contributed by atoms with Crippen LogP contribution in [0.1, 0.15) is 26.3 Å². The second-order valence-corrected chi connectivity index (χ2v) is 14.2. The fourth-order valence-corrected chi connectivity index (χ4v) is 9.45. The van der Waals surface area contributed by atoms with E-state index in [-0.39, 0.29) is 10.6 Å². The zero-order valence-corrected chi connectivity index (χ0v) is 22.4.